The number of carbonyl (C=O) groups is 1. The van der Waals surface area contributed by atoms with Gasteiger partial charge >= 0.3 is 0 Å². The second-order valence-electron chi connectivity index (χ2n) is 4.19. The summed E-state index contributed by atoms with van der Waals surface area (Å²) in [5, 5.41) is 3.26. The van der Waals surface area contributed by atoms with Crippen molar-refractivity contribution < 1.29 is 4.79 Å². The van der Waals surface area contributed by atoms with E-state index in [0.717, 1.165) is 11.9 Å². The first-order valence-corrected chi connectivity index (χ1v) is 6.24. The van der Waals surface area contributed by atoms with Gasteiger partial charge in [-0.05, 0) is 25.5 Å². The molecule has 0 aliphatic rings. The number of fused-ring (bicyclic) bond motifs is 1. The lowest BCUT2D eigenvalue weighted by Gasteiger charge is -2.04. The number of benzene rings is 1. The van der Waals surface area contributed by atoms with E-state index in [1.807, 2.05) is 31.2 Å². The van der Waals surface area contributed by atoms with Crippen molar-refractivity contribution in [3.05, 3.63) is 58.4 Å². The van der Waals surface area contributed by atoms with Crippen molar-refractivity contribution in [2.24, 2.45) is 0 Å². The SMILES string of the molecule is C/C=C/CCNC(=O)c1c[nH]c2ccccc2c1=O. The van der Waals surface area contributed by atoms with E-state index in [1.54, 1.807) is 12.1 Å². The molecule has 0 aliphatic carbocycles. The van der Waals surface area contributed by atoms with Crippen molar-refractivity contribution in [2.75, 3.05) is 6.54 Å². The summed E-state index contributed by atoms with van der Waals surface area (Å²) in [5.41, 5.74) is 0.648. The van der Waals surface area contributed by atoms with E-state index in [-0.39, 0.29) is 16.9 Å². The number of amides is 1. The molecule has 0 saturated carbocycles. The first kappa shape index (κ1) is 13.1. The van der Waals surface area contributed by atoms with E-state index in [1.165, 1.54) is 6.20 Å². The third-order valence-corrected chi connectivity index (χ3v) is 2.87. The normalized spacial score (nSPS) is 11.0. The molecule has 0 radical (unpaired) electrons. The molecule has 4 nitrogen and oxygen atoms in total. The zero-order valence-electron chi connectivity index (χ0n) is 10.8. The number of nitrogens with one attached hydrogen (secondary N) is 2. The summed E-state index contributed by atoms with van der Waals surface area (Å²) in [7, 11) is 0. The highest BCUT2D eigenvalue weighted by atomic mass is 16.2. The Morgan fingerprint density at radius 1 is 1.37 bits per heavy atom. The minimum absolute atomic E-state index is 0.152. The van der Waals surface area contributed by atoms with E-state index < -0.39 is 0 Å². The molecule has 0 bridgehead atoms. The molecule has 1 amide bonds. The van der Waals surface area contributed by atoms with Crippen LogP contribution in [0.4, 0.5) is 0 Å². The minimum Gasteiger partial charge on any atom is -0.360 e. The molecule has 4 heteroatoms. The molecule has 19 heavy (non-hydrogen) atoms. The molecule has 0 fully saturated rings. The van der Waals surface area contributed by atoms with Crippen LogP contribution in [0.3, 0.4) is 0 Å². The summed E-state index contributed by atoms with van der Waals surface area (Å²) >= 11 is 0. The number of pyridine rings is 1. The van der Waals surface area contributed by atoms with Crippen molar-refractivity contribution in [1.82, 2.24) is 10.3 Å². The van der Waals surface area contributed by atoms with Crippen LogP contribution < -0.4 is 10.7 Å². The largest absolute Gasteiger partial charge is 0.360 e. The highest BCUT2D eigenvalue weighted by Crippen LogP contribution is 2.06. The molecule has 2 rings (SSSR count). The van der Waals surface area contributed by atoms with Gasteiger partial charge in [-0.1, -0.05) is 24.3 Å². The topological polar surface area (TPSA) is 62.0 Å². The van der Waals surface area contributed by atoms with Gasteiger partial charge in [-0.15, -0.1) is 0 Å². The summed E-state index contributed by atoms with van der Waals surface area (Å²) in [6, 6.07) is 7.15. The Morgan fingerprint density at radius 2 is 2.16 bits per heavy atom. The van der Waals surface area contributed by atoms with Crippen LogP contribution in [0, 0.1) is 0 Å². The third kappa shape index (κ3) is 2.91. The van der Waals surface area contributed by atoms with Gasteiger partial charge in [0.25, 0.3) is 5.91 Å². The fourth-order valence-corrected chi connectivity index (χ4v) is 1.87. The lowest BCUT2D eigenvalue weighted by Crippen LogP contribution is -2.29. The molecule has 0 saturated heterocycles. The zero-order chi connectivity index (χ0) is 13.7. The van der Waals surface area contributed by atoms with Crippen molar-refractivity contribution in [3.8, 4) is 0 Å². The van der Waals surface area contributed by atoms with Crippen molar-refractivity contribution in [1.29, 1.82) is 0 Å². The van der Waals surface area contributed by atoms with Crippen LogP contribution >= 0.6 is 0 Å². The average molecular weight is 256 g/mol. The molecular weight excluding hydrogens is 240 g/mol. The number of para-hydroxylation sites is 1. The summed E-state index contributed by atoms with van der Waals surface area (Å²) in [5.74, 6) is -0.337. The van der Waals surface area contributed by atoms with Crippen LogP contribution in [0.25, 0.3) is 10.9 Å². The van der Waals surface area contributed by atoms with Gasteiger partial charge in [0.1, 0.15) is 5.56 Å². The Kier molecular flexibility index (Phi) is 4.13. The number of allylic oxidation sites excluding steroid dienone is 1. The molecule has 0 atom stereocenters. The van der Waals surface area contributed by atoms with E-state index >= 15 is 0 Å². The molecule has 1 heterocycles. The Labute approximate surface area is 111 Å². The van der Waals surface area contributed by atoms with E-state index in [4.69, 9.17) is 0 Å². The maximum absolute atomic E-state index is 12.2. The number of hydrogen-bond donors (Lipinski definition) is 2. The van der Waals surface area contributed by atoms with Crippen LogP contribution in [-0.4, -0.2) is 17.4 Å². The highest BCUT2D eigenvalue weighted by Gasteiger charge is 2.11. The van der Waals surface area contributed by atoms with Gasteiger partial charge < -0.3 is 10.3 Å². The molecule has 1 aromatic carbocycles. The number of aromatic amines is 1. The van der Waals surface area contributed by atoms with Crippen molar-refractivity contribution in [2.45, 2.75) is 13.3 Å². The average Bonchev–Trinajstić information content (AvgIpc) is 2.44. The summed E-state index contributed by atoms with van der Waals surface area (Å²) in [6.45, 7) is 2.45. The maximum Gasteiger partial charge on any atom is 0.256 e. The summed E-state index contributed by atoms with van der Waals surface area (Å²) < 4.78 is 0. The van der Waals surface area contributed by atoms with E-state index in [9.17, 15) is 9.59 Å². The van der Waals surface area contributed by atoms with Gasteiger partial charge in [0.15, 0.2) is 0 Å². The monoisotopic (exact) mass is 256 g/mol. The molecule has 1 aromatic heterocycles. The molecule has 0 spiro atoms. The maximum atomic E-state index is 12.2. The second kappa shape index (κ2) is 6.00. The standard InChI is InChI=1S/C15H16N2O2/c1-2-3-6-9-16-15(19)12-10-17-13-8-5-4-7-11(13)14(12)18/h2-5,7-8,10H,6,9H2,1H3,(H,16,19)(H,17,18)/b3-2+. The molecule has 0 unspecified atom stereocenters. The van der Waals surface area contributed by atoms with Gasteiger partial charge in [-0.3, -0.25) is 9.59 Å². The third-order valence-electron chi connectivity index (χ3n) is 2.87. The van der Waals surface area contributed by atoms with Crippen LogP contribution in [0.1, 0.15) is 23.7 Å². The van der Waals surface area contributed by atoms with E-state index in [0.29, 0.717) is 11.9 Å². The molecule has 2 N–H and O–H groups in total. The number of hydrogen-bond acceptors (Lipinski definition) is 2. The van der Waals surface area contributed by atoms with Gasteiger partial charge in [0, 0.05) is 23.6 Å². The Bertz CT molecular complexity index is 671. The first-order valence-electron chi connectivity index (χ1n) is 6.24. The molecular formula is C15H16N2O2. The van der Waals surface area contributed by atoms with Gasteiger partial charge in [-0.25, -0.2) is 0 Å². The predicted molar refractivity (Wildman–Crippen MR) is 76.3 cm³/mol. The molecule has 2 aromatic rings. The van der Waals surface area contributed by atoms with Crippen LogP contribution in [-0.2, 0) is 0 Å². The fraction of sp³-hybridized carbons (Fsp3) is 0.200. The number of H-pyrrole nitrogens is 1. The van der Waals surface area contributed by atoms with Crippen LogP contribution in [0.15, 0.2) is 47.4 Å². The quantitative estimate of drug-likeness (QED) is 0.651. The Hall–Kier alpha value is -2.36. The van der Waals surface area contributed by atoms with Crippen LogP contribution in [0.2, 0.25) is 0 Å². The van der Waals surface area contributed by atoms with Gasteiger partial charge in [0.05, 0.1) is 0 Å². The van der Waals surface area contributed by atoms with Crippen LogP contribution in [0.5, 0.6) is 0 Å². The minimum atomic E-state index is -0.337. The number of carbonyl (C=O) groups excluding carboxylic acids is 1. The lowest BCUT2D eigenvalue weighted by atomic mass is 10.1. The smallest absolute Gasteiger partial charge is 0.256 e. The van der Waals surface area contributed by atoms with Crippen molar-refractivity contribution in [3.63, 3.8) is 0 Å². The predicted octanol–water partition coefficient (Wildman–Crippen LogP) is 2.22. The summed E-state index contributed by atoms with van der Waals surface area (Å²) in [6.07, 6.45) is 6.11. The number of aromatic nitrogens is 1. The molecule has 98 valence electrons. The zero-order valence-corrected chi connectivity index (χ0v) is 10.8. The van der Waals surface area contributed by atoms with Gasteiger partial charge in [-0.2, -0.15) is 0 Å². The number of rotatable bonds is 4. The molecule has 0 aliphatic heterocycles. The van der Waals surface area contributed by atoms with Gasteiger partial charge in [0.2, 0.25) is 5.43 Å². The fourth-order valence-electron chi connectivity index (χ4n) is 1.87. The Balaban J connectivity index is 2.23. The first-order chi connectivity index (χ1) is 9.24. The van der Waals surface area contributed by atoms with E-state index in [2.05, 4.69) is 10.3 Å². The lowest BCUT2D eigenvalue weighted by molar-refractivity contribution is 0.0953. The van der Waals surface area contributed by atoms with Crippen molar-refractivity contribution >= 4 is 16.8 Å². The highest BCUT2D eigenvalue weighted by molar-refractivity contribution is 5.97. The summed E-state index contributed by atoms with van der Waals surface area (Å²) in [4.78, 5) is 27.0. The second-order valence-corrected chi connectivity index (χ2v) is 4.19. The Morgan fingerprint density at radius 3 is 2.95 bits per heavy atom.